The quantitative estimate of drug-likeness (QED) is 0.603. The lowest BCUT2D eigenvalue weighted by molar-refractivity contribution is 0.921. The number of anilines is 2. The first-order chi connectivity index (χ1) is 9.81. The molecule has 2 N–H and O–H groups in total. The molecule has 0 fully saturated rings. The van der Waals surface area contributed by atoms with Crippen LogP contribution in [-0.2, 0) is 6.54 Å². The van der Waals surface area contributed by atoms with E-state index in [9.17, 15) is 0 Å². The molecule has 0 atom stereocenters. The van der Waals surface area contributed by atoms with Gasteiger partial charge in [-0.1, -0.05) is 24.8 Å². The minimum absolute atomic E-state index is 0.700. The van der Waals surface area contributed by atoms with E-state index in [-0.39, 0.29) is 0 Å². The molecule has 0 spiro atoms. The first kappa shape index (κ1) is 14.6. The Balaban J connectivity index is 2.06. The fourth-order valence-electron chi connectivity index (χ4n) is 1.65. The Labute approximate surface area is 123 Å². The lowest BCUT2D eigenvalue weighted by Crippen LogP contribution is -2.07. The van der Waals surface area contributed by atoms with Crippen molar-refractivity contribution in [2.45, 2.75) is 25.0 Å². The molecule has 0 aliphatic carbocycles. The van der Waals surface area contributed by atoms with Crippen LogP contribution in [0.4, 0.5) is 11.6 Å². The summed E-state index contributed by atoms with van der Waals surface area (Å²) in [6.45, 7) is 3.74. The van der Waals surface area contributed by atoms with E-state index in [1.54, 1.807) is 6.20 Å². The lowest BCUT2D eigenvalue weighted by Gasteiger charge is -2.10. The van der Waals surface area contributed by atoms with Gasteiger partial charge in [-0.2, -0.15) is 0 Å². The van der Waals surface area contributed by atoms with Crippen LogP contribution in [0.15, 0.2) is 35.7 Å². The van der Waals surface area contributed by atoms with Crippen LogP contribution in [0, 0.1) is 0 Å². The maximum atomic E-state index is 4.46. The molecule has 0 unspecified atom stereocenters. The predicted molar refractivity (Wildman–Crippen MR) is 84.2 cm³/mol. The summed E-state index contributed by atoms with van der Waals surface area (Å²) in [5.41, 5.74) is 1.12. The van der Waals surface area contributed by atoms with Gasteiger partial charge in [0.05, 0.1) is 0 Å². The van der Waals surface area contributed by atoms with Gasteiger partial charge < -0.3 is 10.6 Å². The number of nitrogens with one attached hydrogen (secondary N) is 2. The molecule has 0 aromatic carbocycles. The van der Waals surface area contributed by atoms with Crippen LogP contribution in [0.2, 0.25) is 0 Å². The van der Waals surface area contributed by atoms with E-state index >= 15 is 0 Å². The summed E-state index contributed by atoms with van der Waals surface area (Å²) >= 11 is 1.54. The molecule has 2 aromatic heterocycles. The second-order valence-electron chi connectivity index (χ2n) is 4.27. The van der Waals surface area contributed by atoms with Crippen molar-refractivity contribution >= 4 is 23.4 Å². The van der Waals surface area contributed by atoms with Gasteiger partial charge in [0.1, 0.15) is 11.6 Å². The Morgan fingerprint density at radius 1 is 1.20 bits per heavy atom. The monoisotopic (exact) mass is 289 g/mol. The smallest absolute Gasteiger partial charge is 0.191 e. The van der Waals surface area contributed by atoms with Gasteiger partial charge in [-0.3, -0.25) is 4.98 Å². The fourth-order valence-corrected chi connectivity index (χ4v) is 2.03. The Morgan fingerprint density at radius 3 is 2.65 bits per heavy atom. The van der Waals surface area contributed by atoms with Crippen LogP contribution in [0.1, 0.15) is 18.9 Å². The number of nitrogens with zero attached hydrogens (tertiary/aromatic N) is 3. The van der Waals surface area contributed by atoms with Crippen LogP contribution in [0.25, 0.3) is 0 Å². The molecule has 20 heavy (non-hydrogen) atoms. The molecule has 0 saturated carbocycles. The van der Waals surface area contributed by atoms with Crippen molar-refractivity contribution in [3.8, 4) is 0 Å². The van der Waals surface area contributed by atoms with Gasteiger partial charge in [0.15, 0.2) is 5.16 Å². The normalized spacial score (nSPS) is 10.3. The Bertz CT molecular complexity index is 532. The molecule has 6 heteroatoms. The predicted octanol–water partition coefficient (Wildman–Crippen LogP) is 3.03. The van der Waals surface area contributed by atoms with Crippen LogP contribution in [0.5, 0.6) is 0 Å². The molecule has 0 radical (unpaired) electrons. The SMILES string of the molecule is CCCNc1cc(NCc2cccnc2)nc(SC)n1. The van der Waals surface area contributed by atoms with Crippen molar-refractivity contribution in [1.82, 2.24) is 15.0 Å². The van der Waals surface area contributed by atoms with E-state index in [1.165, 1.54) is 11.8 Å². The Kier molecular flexibility index (Phi) is 5.61. The molecular formula is C14H19N5S. The highest BCUT2D eigenvalue weighted by molar-refractivity contribution is 7.98. The third kappa shape index (κ3) is 4.38. The number of pyridine rings is 1. The number of thioether (sulfide) groups is 1. The lowest BCUT2D eigenvalue weighted by atomic mass is 10.3. The van der Waals surface area contributed by atoms with E-state index in [2.05, 4.69) is 32.5 Å². The number of aromatic nitrogens is 3. The van der Waals surface area contributed by atoms with Crippen LogP contribution >= 0.6 is 11.8 Å². The molecule has 0 aliphatic rings. The molecule has 0 amide bonds. The summed E-state index contributed by atoms with van der Waals surface area (Å²) in [5.74, 6) is 1.69. The number of hydrogen-bond donors (Lipinski definition) is 2. The third-order valence-corrected chi connectivity index (χ3v) is 3.19. The summed E-state index contributed by atoms with van der Waals surface area (Å²) in [6.07, 6.45) is 6.66. The minimum Gasteiger partial charge on any atom is -0.370 e. The van der Waals surface area contributed by atoms with E-state index in [1.807, 2.05) is 30.7 Å². The summed E-state index contributed by atoms with van der Waals surface area (Å²) in [5, 5.41) is 7.36. The van der Waals surface area contributed by atoms with Crippen molar-refractivity contribution in [1.29, 1.82) is 0 Å². The summed E-state index contributed by atoms with van der Waals surface area (Å²) in [7, 11) is 0. The summed E-state index contributed by atoms with van der Waals surface area (Å²) in [4.78, 5) is 13.0. The Hall–Kier alpha value is -1.82. The molecule has 0 bridgehead atoms. The Morgan fingerprint density at radius 2 is 2.00 bits per heavy atom. The van der Waals surface area contributed by atoms with Crippen LogP contribution in [0.3, 0.4) is 0 Å². The van der Waals surface area contributed by atoms with Gasteiger partial charge in [-0.25, -0.2) is 9.97 Å². The zero-order chi connectivity index (χ0) is 14.2. The number of rotatable bonds is 7. The van der Waals surface area contributed by atoms with E-state index in [4.69, 9.17) is 0 Å². The molecule has 5 nitrogen and oxygen atoms in total. The summed E-state index contributed by atoms with van der Waals surface area (Å²) in [6, 6.07) is 5.90. The zero-order valence-electron chi connectivity index (χ0n) is 11.8. The largest absolute Gasteiger partial charge is 0.370 e. The molecule has 2 aromatic rings. The first-order valence-electron chi connectivity index (χ1n) is 6.61. The van der Waals surface area contributed by atoms with Gasteiger partial charge in [0, 0.05) is 31.5 Å². The highest BCUT2D eigenvalue weighted by Gasteiger charge is 2.03. The van der Waals surface area contributed by atoms with E-state index in [0.717, 1.165) is 35.3 Å². The van der Waals surface area contributed by atoms with Gasteiger partial charge in [-0.15, -0.1) is 0 Å². The second-order valence-corrected chi connectivity index (χ2v) is 5.04. The zero-order valence-corrected chi connectivity index (χ0v) is 12.6. The van der Waals surface area contributed by atoms with Crippen molar-refractivity contribution in [3.05, 3.63) is 36.2 Å². The molecule has 106 valence electrons. The fraction of sp³-hybridized carbons (Fsp3) is 0.357. The minimum atomic E-state index is 0.700. The summed E-state index contributed by atoms with van der Waals surface area (Å²) < 4.78 is 0. The van der Waals surface area contributed by atoms with Gasteiger partial charge in [-0.05, 0) is 24.3 Å². The van der Waals surface area contributed by atoms with Crippen LogP contribution in [-0.4, -0.2) is 27.8 Å². The van der Waals surface area contributed by atoms with Crippen molar-refractivity contribution in [3.63, 3.8) is 0 Å². The average Bonchev–Trinajstić information content (AvgIpc) is 2.51. The molecule has 0 aliphatic heterocycles. The standard InChI is InChI=1S/C14H19N5S/c1-3-6-16-12-8-13(19-14(18-12)20-2)17-10-11-5-4-7-15-9-11/h4-5,7-9H,3,6,10H2,1-2H3,(H2,16,17,18,19). The van der Waals surface area contributed by atoms with E-state index < -0.39 is 0 Å². The second kappa shape index (κ2) is 7.69. The van der Waals surface area contributed by atoms with Crippen molar-refractivity contribution in [2.75, 3.05) is 23.4 Å². The first-order valence-corrected chi connectivity index (χ1v) is 7.84. The van der Waals surface area contributed by atoms with Crippen molar-refractivity contribution < 1.29 is 0 Å². The highest BCUT2D eigenvalue weighted by Crippen LogP contribution is 2.17. The van der Waals surface area contributed by atoms with Gasteiger partial charge in [0.25, 0.3) is 0 Å². The van der Waals surface area contributed by atoms with Gasteiger partial charge in [0.2, 0.25) is 0 Å². The molecule has 2 rings (SSSR count). The van der Waals surface area contributed by atoms with Gasteiger partial charge >= 0.3 is 0 Å². The average molecular weight is 289 g/mol. The van der Waals surface area contributed by atoms with Crippen LogP contribution < -0.4 is 10.6 Å². The van der Waals surface area contributed by atoms with E-state index in [0.29, 0.717) is 6.54 Å². The maximum Gasteiger partial charge on any atom is 0.191 e. The molecular weight excluding hydrogens is 270 g/mol. The van der Waals surface area contributed by atoms with Crippen molar-refractivity contribution in [2.24, 2.45) is 0 Å². The highest BCUT2D eigenvalue weighted by atomic mass is 32.2. The molecule has 0 saturated heterocycles. The molecule has 2 heterocycles. The third-order valence-electron chi connectivity index (χ3n) is 2.64. The topological polar surface area (TPSA) is 62.7 Å². The number of hydrogen-bond acceptors (Lipinski definition) is 6. The maximum absolute atomic E-state index is 4.46.